The van der Waals surface area contributed by atoms with E-state index in [1.807, 2.05) is 4.90 Å². The summed E-state index contributed by atoms with van der Waals surface area (Å²) in [7, 11) is 5.61. The zero-order valence-corrected chi connectivity index (χ0v) is 17.8. The highest BCUT2D eigenvalue weighted by Gasteiger charge is 2.20. The predicted molar refractivity (Wildman–Crippen MR) is 126 cm³/mol. The van der Waals surface area contributed by atoms with Crippen LogP contribution in [0, 0.1) is 11.2 Å². The van der Waals surface area contributed by atoms with Crippen LogP contribution in [-0.2, 0) is 0 Å². The summed E-state index contributed by atoms with van der Waals surface area (Å²) in [5, 5.41) is 13.5. The monoisotopic (exact) mass is 441 g/mol. The van der Waals surface area contributed by atoms with E-state index in [1.165, 1.54) is 18.3 Å². The molecule has 0 bridgehead atoms. The Hall–Kier alpha value is -4.01. The Balaban J connectivity index is 1.50. The van der Waals surface area contributed by atoms with Crippen LogP contribution in [0.4, 0.5) is 15.9 Å². The molecular formula is C24H21BFN5O2. The minimum atomic E-state index is -0.734. The number of amidine groups is 1. The number of hydrogen-bond donors (Lipinski definition) is 3. The van der Waals surface area contributed by atoms with Gasteiger partial charge in [-0.3, -0.25) is 15.0 Å². The summed E-state index contributed by atoms with van der Waals surface area (Å²) < 4.78 is 14.8. The third-order valence-electron chi connectivity index (χ3n) is 5.36. The summed E-state index contributed by atoms with van der Waals surface area (Å²) in [4.78, 5) is 31.4. The zero-order chi connectivity index (χ0) is 23.4. The molecule has 0 unspecified atom stereocenters. The molecule has 0 saturated carbocycles. The number of likely N-dealkylation sites (tertiary alicyclic amines) is 1. The number of aromatic nitrogens is 1. The van der Waals surface area contributed by atoms with E-state index < -0.39 is 17.6 Å². The number of benzene rings is 2. The van der Waals surface area contributed by atoms with Gasteiger partial charge in [-0.1, -0.05) is 29.7 Å². The van der Waals surface area contributed by atoms with Gasteiger partial charge in [-0.25, -0.2) is 9.37 Å². The number of nitrogens with one attached hydrogen (secondary N) is 3. The zero-order valence-electron chi connectivity index (χ0n) is 17.8. The molecule has 164 valence electrons. The maximum atomic E-state index is 14.8. The number of pyridine rings is 1. The number of anilines is 2. The molecule has 33 heavy (non-hydrogen) atoms. The first-order valence-electron chi connectivity index (χ1n) is 10.5. The fourth-order valence-corrected chi connectivity index (χ4v) is 3.61. The van der Waals surface area contributed by atoms with Gasteiger partial charge in [0.05, 0.1) is 16.8 Å². The summed E-state index contributed by atoms with van der Waals surface area (Å²) in [5.41, 5.74) is 1.12. The largest absolute Gasteiger partial charge is 0.357 e. The third kappa shape index (κ3) is 5.08. The van der Waals surface area contributed by atoms with Crippen molar-refractivity contribution in [3.05, 3.63) is 83.3 Å². The summed E-state index contributed by atoms with van der Waals surface area (Å²) in [6.07, 6.45) is 3.43. The molecule has 2 amide bonds. The molecule has 0 spiro atoms. The lowest BCUT2D eigenvalue weighted by atomic mass is 9.99. The quantitative estimate of drug-likeness (QED) is 0.322. The van der Waals surface area contributed by atoms with Gasteiger partial charge in [0.2, 0.25) is 0 Å². The topological polar surface area (TPSA) is 98.2 Å². The molecule has 7 nitrogen and oxygen atoms in total. The number of hydrogen-bond acceptors (Lipinski definition) is 4. The van der Waals surface area contributed by atoms with Gasteiger partial charge >= 0.3 is 0 Å². The summed E-state index contributed by atoms with van der Waals surface area (Å²) in [6, 6.07) is 13.7. The highest BCUT2D eigenvalue weighted by atomic mass is 19.1. The first-order valence-corrected chi connectivity index (χ1v) is 10.5. The van der Waals surface area contributed by atoms with Gasteiger partial charge in [-0.05, 0) is 43.2 Å². The highest BCUT2D eigenvalue weighted by Crippen LogP contribution is 2.20. The van der Waals surface area contributed by atoms with E-state index in [0.29, 0.717) is 16.8 Å². The van der Waals surface area contributed by atoms with Gasteiger partial charge in [-0.15, -0.1) is 0 Å². The van der Waals surface area contributed by atoms with Gasteiger partial charge < -0.3 is 15.5 Å². The molecule has 1 fully saturated rings. The fraction of sp³-hybridized carbons (Fsp3) is 0.167. The molecule has 1 aliphatic heterocycles. The molecule has 2 aromatic carbocycles. The number of carbonyl (C=O) groups is 2. The van der Waals surface area contributed by atoms with Crippen LogP contribution in [0.3, 0.4) is 0 Å². The average Bonchev–Trinajstić information content (AvgIpc) is 3.35. The smallest absolute Gasteiger partial charge is 0.258 e. The molecule has 4 rings (SSSR count). The lowest BCUT2D eigenvalue weighted by Gasteiger charge is -2.19. The van der Waals surface area contributed by atoms with E-state index in [1.54, 1.807) is 42.5 Å². The predicted octanol–water partition coefficient (Wildman–Crippen LogP) is 2.94. The van der Waals surface area contributed by atoms with Crippen molar-refractivity contribution >= 4 is 42.5 Å². The van der Waals surface area contributed by atoms with Crippen molar-refractivity contribution in [2.75, 3.05) is 23.7 Å². The fourth-order valence-electron chi connectivity index (χ4n) is 3.61. The van der Waals surface area contributed by atoms with Crippen LogP contribution in [0.15, 0.2) is 60.8 Å². The lowest BCUT2D eigenvalue weighted by Crippen LogP contribution is -2.28. The second-order valence-electron chi connectivity index (χ2n) is 7.67. The van der Waals surface area contributed by atoms with Crippen molar-refractivity contribution in [3.8, 4) is 0 Å². The Kier molecular flexibility index (Phi) is 6.49. The number of amides is 2. The summed E-state index contributed by atoms with van der Waals surface area (Å²) in [6.45, 7) is 1.54. The molecule has 0 aliphatic carbocycles. The van der Waals surface area contributed by atoms with Crippen LogP contribution < -0.4 is 16.1 Å². The first-order chi connectivity index (χ1) is 15.9. The third-order valence-corrected chi connectivity index (χ3v) is 5.36. The van der Waals surface area contributed by atoms with Crippen molar-refractivity contribution in [1.29, 1.82) is 5.41 Å². The number of halogens is 1. The van der Waals surface area contributed by atoms with Gasteiger partial charge in [0.25, 0.3) is 11.8 Å². The Morgan fingerprint density at radius 2 is 1.70 bits per heavy atom. The normalized spacial score (nSPS) is 12.9. The van der Waals surface area contributed by atoms with Crippen LogP contribution in [-0.4, -0.2) is 48.5 Å². The van der Waals surface area contributed by atoms with E-state index in [4.69, 9.17) is 13.3 Å². The number of para-hydroxylation sites is 1. The molecular weight excluding hydrogens is 420 g/mol. The van der Waals surface area contributed by atoms with Crippen LogP contribution in [0.2, 0.25) is 0 Å². The van der Waals surface area contributed by atoms with Gasteiger partial charge in [-0.2, -0.15) is 0 Å². The van der Waals surface area contributed by atoms with E-state index in [-0.39, 0.29) is 22.6 Å². The standard InChI is InChI=1S/C24H21BFN5O2/c25-16-8-10-21(28-14-16)30-24(33)18-5-1-2-6-20(18)29-23(32)17-9-7-15(13-19(17)26)22(27)31-11-3-4-12-31/h1-2,5-10,13-14,27H,3-4,11-12H2,(H,29,32)(H,28,30,33). The molecule has 1 aromatic heterocycles. The van der Waals surface area contributed by atoms with Crippen molar-refractivity contribution in [1.82, 2.24) is 9.88 Å². The summed E-state index contributed by atoms with van der Waals surface area (Å²) in [5.74, 6) is -1.37. The molecule has 9 heteroatoms. The van der Waals surface area contributed by atoms with Crippen molar-refractivity contribution in [2.24, 2.45) is 0 Å². The Morgan fingerprint density at radius 1 is 0.970 bits per heavy atom. The SMILES string of the molecule is [B]c1ccc(NC(=O)c2ccccc2NC(=O)c2ccc(C(=N)N3CCCC3)cc2F)nc1. The Labute approximate surface area is 191 Å². The molecule has 1 saturated heterocycles. The van der Waals surface area contributed by atoms with Crippen molar-refractivity contribution in [3.63, 3.8) is 0 Å². The second-order valence-corrected chi connectivity index (χ2v) is 7.67. The van der Waals surface area contributed by atoms with E-state index in [0.717, 1.165) is 25.9 Å². The Bertz CT molecular complexity index is 1210. The summed E-state index contributed by atoms with van der Waals surface area (Å²) >= 11 is 0. The van der Waals surface area contributed by atoms with Crippen molar-refractivity contribution in [2.45, 2.75) is 12.8 Å². The first kappa shape index (κ1) is 22.2. The molecule has 2 heterocycles. The van der Waals surface area contributed by atoms with Crippen LogP contribution in [0.1, 0.15) is 39.1 Å². The van der Waals surface area contributed by atoms with Crippen LogP contribution >= 0.6 is 0 Å². The van der Waals surface area contributed by atoms with Gasteiger partial charge in [0.1, 0.15) is 25.3 Å². The lowest BCUT2D eigenvalue weighted by molar-refractivity contribution is 0.102. The number of nitrogens with zero attached hydrogens (tertiary/aromatic N) is 2. The molecule has 2 radical (unpaired) electrons. The maximum Gasteiger partial charge on any atom is 0.258 e. The highest BCUT2D eigenvalue weighted by molar-refractivity contribution is 6.32. The molecule has 1 aliphatic rings. The Morgan fingerprint density at radius 3 is 2.39 bits per heavy atom. The number of rotatable bonds is 5. The van der Waals surface area contributed by atoms with Gasteiger partial charge in [0.15, 0.2) is 0 Å². The number of carbonyl (C=O) groups excluding carboxylic acids is 2. The van der Waals surface area contributed by atoms with E-state index in [2.05, 4.69) is 15.6 Å². The second kappa shape index (κ2) is 9.64. The van der Waals surface area contributed by atoms with E-state index >= 15 is 0 Å². The minimum absolute atomic E-state index is 0.177. The van der Waals surface area contributed by atoms with Crippen molar-refractivity contribution < 1.29 is 14.0 Å². The average molecular weight is 441 g/mol. The maximum absolute atomic E-state index is 14.8. The van der Waals surface area contributed by atoms with Crippen LogP contribution in [0.5, 0.6) is 0 Å². The minimum Gasteiger partial charge on any atom is -0.357 e. The van der Waals surface area contributed by atoms with Gasteiger partial charge in [0, 0.05) is 24.8 Å². The molecule has 0 atom stereocenters. The van der Waals surface area contributed by atoms with Crippen LogP contribution in [0.25, 0.3) is 0 Å². The van der Waals surface area contributed by atoms with E-state index in [9.17, 15) is 14.0 Å². The molecule has 3 N–H and O–H groups in total. The molecule has 3 aromatic rings.